The third-order valence-corrected chi connectivity index (χ3v) is 5.00. The summed E-state index contributed by atoms with van der Waals surface area (Å²) in [5, 5.41) is 11.3. The van der Waals surface area contributed by atoms with Crippen molar-refractivity contribution in [2.45, 2.75) is 32.7 Å². The van der Waals surface area contributed by atoms with E-state index in [0.717, 1.165) is 39.0 Å². The van der Waals surface area contributed by atoms with Gasteiger partial charge in [-0.15, -0.1) is 0 Å². The van der Waals surface area contributed by atoms with Gasteiger partial charge in [0.15, 0.2) is 0 Å². The first kappa shape index (κ1) is 21.6. The minimum Gasteiger partial charge on any atom is -0.491 e. The van der Waals surface area contributed by atoms with Crippen molar-refractivity contribution in [2.75, 3.05) is 18.6 Å². The maximum atomic E-state index is 11.3. The highest BCUT2D eigenvalue weighted by molar-refractivity contribution is 6.00. The van der Waals surface area contributed by atoms with Crippen LogP contribution in [0.2, 0.25) is 0 Å². The topological polar surface area (TPSA) is 88.7 Å². The Morgan fingerprint density at radius 3 is 2.57 bits per heavy atom. The molecule has 3 rings (SSSR count). The number of ether oxygens (including phenoxy) is 1. The fraction of sp³-hybridized carbons (Fsp3) is 0.333. The number of benzene rings is 2. The van der Waals surface area contributed by atoms with Crippen molar-refractivity contribution in [2.24, 2.45) is 11.7 Å². The number of pyridine rings is 1. The first-order valence-corrected chi connectivity index (χ1v) is 10.0. The molecule has 0 spiro atoms. The van der Waals surface area contributed by atoms with Crippen molar-refractivity contribution in [1.29, 1.82) is 0 Å². The second kappa shape index (κ2) is 8.71. The van der Waals surface area contributed by atoms with Crippen LogP contribution in [-0.4, -0.2) is 35.4 Å². The number of carboxylic acid groups (broad SMARTS) is 1. The molecule has 0 radical (unpaired) electrons. The second-order valence-electron chi connectivity index (χ2n) is 8.44. The van der Waals surface area contributed by atoms with Gasteiger partial charge in [0.2, 0.25) is 0 Å². The lowest BCUT2D eigenvalue weighted by atomic mass is 9.92. The van der Waals surface area contributed by atoms with Crippen LogP contribution >= 0.6 is 0 Å². The molecule has 30 heavy (non-hydrogen) atoms. The van der Waals surface area contributed by atoms with Gasteiger partial charge in [0.1, 0.15) is 18.2 Å². The van der Waals surface area contributed by atoms with Gasteiger partial charge < -0.3 is 15.6 Å². The number of hydrogen-bond acceptors (Lipinski definition) is 4. The molecule has 0 bridgehead atoms. The Bertz CT molecular complexity index is 1050. The molecule has 0 aliphatic rings. The zero-order valence-electron chi connectivity index (χ0n) is 17.9. The molecule has 0 unspecified atom stereocenters. The maximum absolute atomic E-state index is 11.3. The molecular weight excluding hydrogens is 378 g/mol. The largest absolute Gasteiger partial charge is 0.491 e. The minimum absolute atomic E-state index is 0.372. The van der Waals surface area contributed by atoms with E-state index in [2.05, 4.69) is 18.8 Å². The average Bonchev–Trinajstić information content (AvgIpc) is 2.70. The van der Waals surface area contributed by atoms with E-state index in [9.17, 15) is 9.90 Å². The summed E-state index contributed by atoms with van der Waals surface area (Å²) in [7, 11) is 1.48. The van der Waals surface area contributed by atoms with E-state index in [-0.39, 0.29) is 0 Å². The van der Waals surface area contributed by atoms with Gasteiger partial charge in [-0.1, -0.05) is 44.2 Å². The summed E-state index contributed by atoms with van der Waals surface area (Å²) in [6.45, 7) is 6.75. The molecule has 1 heterocycles. The molecule has 1 atom stereocenters. The monoisotopic (exact) mass is 407 g/mol. The van der Waals surface area contributed by atoms with Crippen LogP contribution in [0.4, 0.5) is 10.6 Å². The summed E-state index contributed by atoms with van der Waals surface area (Å²) in [5.41, 5.74) is 7.88. The van der Waals surface area contributed by atoms with Crippen LogP contribution in [0.15, 0.2) is 54.7 Å². The molecule has 158 valence electrons. The fourth-order valence-electron chi connectivity index (χ4n) is 3.75. The van der Waals surface area contributed by atoms with Crippen LogP contribution in [0.1, 0.15) is 27.2 Å². The molecule has 0 aliphatic heterocycles. The molecule has 0 aliphatic carbocycles. The lowest BCUT2D eigenvalue weighted by Gasteiger charge is -2.27. The van der Waals surface area contributed by atoms with Crippen LogP contribution in [0.25, 0.3) is 21.9 Å². The molecule has 1 aromatic heterocycles. The van der Waals surface area contributed by atoms with Gasteiger partial charge in [-0.25, -0.2) is 9.78 Å². The highest BCUT2D eigenvalue weighted by Gasteiger charge is 2.22. The van der Waals surface area contributed by atoms with E-state index in [1.54, 1.807) is 12.3 Å². The van der Waals surface area contributed by atoms with Crippen molar-refractivity contribution in [3.63, 3.8) is 0 Å². The van der Waals surface area contributed by atoms with Crippen LogP contribution in [0, 0.1) is 5.92 Å². The third kappa shape index (κ3) is 4.89. The molecule has 0 fully saturated rings. The van der Waals surface area contributed by atoms with Crippen LogP contribution in [0.5, 0.6) is 5.75 Å². The Labute approximate surface area is 177 Å². The number of carbonyl (C=O) groups is 1. The van der Waals surface area contributed by atoms with Crippen molar-refractivity contribution >= 4 is 22.7 Å². The summed E-state index contributed by atoms with van der Waals surface area (Å²) in [5.74, 6) is 1.65. The summed E-state index contributed by atoms with van der Waals surface area (Å²) >= 11 is 0. The number of rotatable bonds is 7. The Morgan fingerprint density at radius 1 is 1.20 bits per heavy atom. The molecule has 6 nitrogen and oxygen atoms in total. The van der Waals surface area contributed by atoms with E-state index in [4.69, 9.17) is 10.5 Å². The molecule has 2 aromatic carbocycles. The smallest absolute Gasteiger partial charge is 0.412 e. The Balaban J connectivity index is 1.97. The predicted octanol–water partition coefficient (Wildman–Crippen LogP) is 5.16. The molecule has 3 aromatic rings. The molecule has 1 amide bonds. The van der Waals surface area contributed by atoms with Crippen LogP contribution in [0.3, 0.4) is 0 Å². The van der Waals surface area contributed by atoms with Crippen molar-refractivity contribution in [1.82, 2.24) is 4.98 Å². The highest BCUT2D eigenvalue weighted by atomic mass is 16.5. The van der Waals surface area contributed by atoms with Crippen molar-refractivity contribution in [3.8, 4) is 16.9 Å². The SMILES string of the molecule is CC(C)C[C@](C)(N)COc1ccc(-c2ccnc(N(C)C(=O)O)c2)c2ccccc12. The predicted molar refractivity (Wildman–Crippen MR) is 121 cm³/mol. The maximum Gasteiger partial charge on any atom is 0.412 e. The number of amides is 1. The quantitative estimate of drug-likeness (QED) is 0.565. The van der Waals surface area contributed by atoms with Gasteiger partial charge in [0.05, 0.1) is 0 Å². The number of hydrogen-bond donors (Lipinski definition) is 2. The minimum atomic E-state index is -1.06. The average molecular weight is 408 g/mol. The van der Waals surface area contributed by atoms with E-state index in [0.29, 0.717) is 18.3 Å². The molecule has 3 N–H and O–H groups in total. The molecular formula is C24H29N3O3. The van der Waals surface area contributed by atoms with Gasteiger partial charge in [-0.2, -0.15) is 0 Å². The van der Waals surface area contributed by atoms with E-state index < -0.39 is 11.6 Å². The standard InChI is InChI=1S/C24H29N3O3/c1-16(2)14-24(3,25)15-30-21-10-9-18(19-7-5-6-8-20(19)21)17-11-12-26-22(13-17)27(4)23(28)29/h5-13,16H,14-15,25H2,1-4H3,(H,28,29)/t24-/m0/s1. The lowest BCUT2D eigenvalue weighted by molar-refractivity contribution is 0.203. The number of fused-ring (bicyclic) bond motifs is 1. The first-order chi connectivity index (χ1) is 14.2. The van der Waals surface area contributed by atoms with Crippen molar-refractivity contribution in [3.05, 3.63) is 54.7 Å². The summed E-state index contributed by atoms with van der Waals surface area (Å²) < 4.78 is 6.15. The first-order valence-electron chi connectivity index (χ1n) is 10.0. The number of nitrogens with zero attached hydrogens (tertiary/aromatic N) is 2. The van der Waals surface area contributed by atoms with Gasteiger partial charge in [-0.3, -0.25) is 4.90 Å². The van der Waals surface area contributed by atoms with Gasteiger partial charge in [-0.05, 0) is 54.0 Å². The summed E-state index contributed by atoms with van der Waals surface area (Å²) in [6, 6.07) is 15.6. The summed E-state index contributed by atoms with van der Waals surface area (Å²) in [4.78, 5) is 16.6. The molecule has 0 saturated heterocycles. The molecule has 0 saturated carbocycles. The summed E-state index contributed by atoms with van der Waals surface area (Å²) in [6.07, 6.45) is 1.44. The number of nitrogens with two attached hydrogens (primary N) is 1. The Kier molecular flexibility index (Phi) is 6.27. The number of aromatic nitrogens is 1. The molecule has 6 heteroatoms. The third-order valence-electron chi connectivity index (χ3n) is 5.00. The van der Waals surface area contributed by atoms with Crippen LogP contribution < -0.4 is 15.4 Å². The zero-order valence-corrected chi connectivity index (χ0v) is 17.9. The number of anilines is 1. The Hall–Kier alpha value is -3.12. The van der Waals surface area contributed by atoms with Crippen LogP contribution in [-0.2, 0) is 0 Å². The van der Waals surface area contributed by atoms with Gasteiger partial charge in [0.25, 0.3) is 0 Å². The van der Waals surface area contributed by atoms with E-state index in [1.165, 1.54) is 7.05 Å². The van der Waals surface area contributed by atoms with E-state index in [1.807, 2.05) is 49.4 Å². The normalized spacial score (nSPS) is 13.3. The van der Waals surface area contributed by atoms with Gasteiger partial charge in [0, 0.05) is 24.2 Å². The second-order valence-corrected chi connectivity index (χ2v) is 8.44. The zero-order chi connectivity index (χ0) is 21.9. The van der Waals surface area contributed by atoms with E-state index >= 15 is 0 Å². The Morgan fingerprint density at radius 2 is 1.90 bits per heavy atom. The lowest BCUT2D eigenvalue weighted by Crippen LogP contribution is -2.43. The van der Waals surface area contributed by atoms with Gasteiger partial charge >= 0.3 is 6.09 Å². The fourth-order valence-corrected chi connectivity index (χ4v) is 3.75. The highest BCUT2D eigenvalue weighted by Crippen LogP contribution is 2.35. The van der Waals surface area contributed by atoms with Crippen molar-refractivity contribution < 1.29 is 14.6 Å².